The number of carbonyl (C=O) groups excluding carboxylic acids is 1. The largest absolute Gasteiger partial charge is 0.320 e. The van der Waals surface area contributed by atoms with Crippen LogP contribution in [0.1, 0.15) is 10.5 Å². The Bertz CT molecular complexity index is 1120. The molecular weight excluding hydrogens is 423 g/mol. The van der Waals surface area contributed by atoms with Crippen molar-refractivity contribution >= 4 is 46.3 Å². The van der Waals surface area contributed by atoms with Gasteiger partial charge in [-0.3, -0.25) is 4.79 Å². The molecule has 1 N–H and O–H groups in total. The molecule has 0 bridgehead atoms. The predicted molar refractivity (Wildman–Crippen MR) is 105 cm³/mol. The molecule has 0 aliphatic carbocycles. The van der Waals surface area contributed by atoms with E-state index in [2.05, 4.69) is 25.8 Å². The van der Waals surface area contributed by atoms with Crippen LogP contribution in [0.4, 0.5) is 10.1 Å². The number of carbonyl (C=O) groups is 1. The van der Waals surface area contributed by atoms with Crippen molar-refractivity contribution in [2.24, 2.45) is 0 Å². The van der Waals surface area contributed by atoms with Crippen molar-refractivity contribution < 1.29 is 9.18 Å². The fourth-order valence-corrected chi connectivity index (χ4v) is 3.98. The van der Waals surface area contributed by atoms with Gasteiger partial charge in [-0.2, -0.15) is 0 Å². The molecule has 2 aromatic heterocycles. The van der Waals surface area contributed by atoms with Gasteiger partial charge < -0.3 is 5.32 Å². The van der Waals surface area contributed by atoms with Crippen LogP contribution in [0.2, 0.25) is 5.02 Å². The summed E-state index contributed by atoms with van der Waals surface area (Å²) >= 11 is 9.10. The molecule has 0 atom stereocenters. The molecule has 0 spiro atoms. The van der Waals surface area contributed by atoms with Crippen molar-refractivity contribution in [3.8, 4) is 5.69 Å². The Morgan fingerprint density at radius 3 is 2.71 bits per heavy atom. The summed E-state index contributed by atoms with van der Waals surface area (Å²) < 4.78 is 15.2. The summed E-state index contributed by atoms with van der Waals surface area (Å²) in [6, 6.07) is 10.9. The van der Waals surface area contributed by atoms with Crippen LogP contribution in [-0.4, -0.2) is 31.1 Å². The van der Waals surface area contributed by atoms with E-state index in [1.54, 1.807) is 35.8 Å². The number of hydrogen-bond donors (Lipinski definition) is 1. The molecule has 0 aliphatic rings. The molecule has 4 rings (SSSR count). The average molecular weight is 433 g/mol. The number of nitrogens with one attached hydrogen (secondary N) is 1. The first-order valence-corrected chi connectivity index (χ1v) is 9.89. The third kappa shape index (κ3) is 4.19. The molecule has 0 aliphatic heterocycles. The molecule has 0 saturated heterocycles. The Kier molecular flexibility index (Phi) is 5.33. The van der Waals surface area contributed by atoms with Crippen LogP contribution >= 0.6 is 34.7 Å². The van der Waals surface area contributed by atoms with E-state index in [1.807, 2.05) is 0 Å². The van der Waals surface area contributed by atoms with E-state index in [4.69, 9.17) is 11.6 Å². The fourth-order valence-electron chi connectivity index (χ4n) is 2.25. The Hall–Kier alpha value is -2.82. The zero-order chi connectivity index (χ0) is 19.5. The highest BCUT2D eigenvalue weighted by molar-refractivity contribution is 8.01. The van der Waals surface area contributed by atoms with Crippen LogP contribution in [0, 0.1) is 5.82 Å². The molecule has 4 aromatic rings. The number of benzene rings is 2. The van der Waals surface area contributed by atoms with Crippen molar-refractivity contribution in [3.63, 3.8) is 0 Å². The van der Waals surface area contributed by atoms with Gasteiger partial charge in [0.1, 0.15) is 11.3 Å². The van der Waals surface area contributed by atoms with Crippen LogP contribution in [0.5, 0.6) is 0 Å². The third-order valence-electron chi connectivity index (χ3n) is 3.54. The summed E-state index contributed by atoms with van der Waals surface area (Å²) in [5, 5.41) is 18.7. The van der Waals surface area contributed by atoms with Gasteiger partial charge in [0.15, 0.2) is 10.0 Å². The normalized spacial score (nSPS) is 10.8. The first kappa shape index (κ1) is 18.5. The van der Waals surface area contributed by atoms with Crippen molar-refractivity contribution in [2.45, 2.75) is 9.24 Å². The zero-order valence-electron chi connectivity index (χ0n) is 13.9. The lowest BCUT2D eigenvalue weighted by atomic mass is 10.3. The van der Waals surface area contributed by atoms with Gasteiger partial charge in [0.2, 0.25) is 0 Å². The quantitative estimate of drug-likeness (QED) is 0.505. The Balaban J connectivity index is 1.46. The second-order valence-electron chi connectivity index (χ2n) is 5.43. The van der Waals surface area contributed by atoms with Gasteiger partial charge in [0.05, 0.1) is 16.9 Å². The molecule has 7 nitrogen and oxygen atoms in total. The third-order valence-corrected chi connectivity index (χ3v) is 5.82. The number of aromatic nitrogens is 5. The lowest BCUT2D eigenvalue weighted by Gasteiger charge is -2.06. The highest BCUT2D eigenvalue weighted by Gasteiger charge is 2.13. The van der Waals surface area contributed by atoms with Gasteiger partial charge in [0, 0.05) is 10.6 Å². The molecule has 0 fully saturated rings. The van der Waals surface area contributed by atoms with Crippen LogP contribution in [0.15, 0.2) is 63.4 Å². The summed E-state index contributed by atoms with van der Waals surface area (Å²) in [6.45, 7) is 0. The number of hydrogen-bond acceptors (Lipinski definition) is 7. The van der Waals surface area contributed by atoms with Gasteiger partial charge in [-0.25, -0.2) is 9.07 Å². The van der Waals surface area contributed by atoms with E-state index >= 15 is 0 Å². The minimum Gasteiger partial charge on any atom is -0.320 e. The summed E-state index contributed by atoms with van der Waals surface area (Å²) in [4.78, 5) is 13.2. The molecule has 28 heavy (non-hydrogen) atoms. The van der Waals surface area contributed by atoms with Gasteiger partial charge in [-0.1, -0.05) is 39.9 Å². The van der Waals surface area contributed by atoms with Crippen LogP contribution in [-0.2, 0) is 0 Å². The Morgan fingerprint density at radius 1 is 1.18 bits per heavy atom. The molecule has 2 aromatic carbocycles. The maximum absolute atomic E-state index is 13.0. The molecule has 2 heterocycles. The summed E-state index contributed by atoms with van der Waals surface area (Å²) in [7, 11) is 0. The van der Waals surface area contributed by atoms with Gasteiger partial charge >= 0.3 is 0 Å². The monoisotopic (exact) mass is 432 g/mol. The summed E-state index contributed by atoms with van der Waals surface area (Å²) in [5.74, 6) is -0.791. The fraction of sp³-hybridized carbons (Fsp3) is 0. The molecule has 0 unspecified atom stereocenters. The van der Waals surface area contributed by atoms with Crippen molar-refractivity contribution in [1.29, 1.82) is 0 Å². The number of halogens is 2. The SMILES string of the molecule is O=C(Nc1ccc(Sc2nncs2)c(Cl)c1)c1cn(-c2ccc(F)cc2)nn1. The average Bonchev–Trinajstić information content (AvgIpc) is 3.37. The molecule has 0 radical (unpaired) electrons. The molecular formula is C17H10ClFN6OS2. The first-order chi connectivity index (χ1) is 13.6. The van der Waals surface area contributed by atoms with E-state index in [-0.39, 0.29) is 11.5 Å². The second-order valence-corrected chi connectivity index (χ2v) is 7.96. The molecule has 0 saturated carbocycles. The smallest absolute Gasteiger partial charge is 0.277 e. The predicted octanol–water partition coefficient (Wildman–Crippen LogP) is 4.31. The van der Waals surface area contributed by atoms with E-state index in [0.717, 1.165) is 9.24 Å². The van der Waals surface area contributed by atoms with E-state index in [1.165, 1.54) is 46.1 Å². The van der Waals surface area contributed by atoms with Crippen LogP contribution in [0.25, 0.3) is 5.69 Å². The Morgan fingerprint density at radius 2 is 2.00 bits per heavy atom. The molecule has 11 heteroatoms. The van der Waals surface area contributed by atoms with Gasteiger partial charge in [0.25, 0.3) is 5.91 Å². The zero-order valence-corrected chi connectivity index (χ0v) is 16.3. The van der Waals surface area contributed by atoms with E-state index < -0.39 is 5.91 Å². The van der Waals surface area contributed by atoms with Crippen molar-refractivity contribution in [3.05, 3.63) is 70.7 Å². The van der Waals surface area contributed by atoms with Gasteiger partial charge in [-0.05, 0) is 42.5 Å². The van der Waals surface area contributed by atoms with E-state index in [0.29, 0.717) is 16.4 Å². The van der Waals surface area contributed by atoms with Gasteiger partial charge in [-0.15, -0.1) is 15.3 Å². The van der Waals surface area contributed by atoms with Crippen LogP contribution in [0.3, 0.4) is 0 Å². The minimum atomic E-state index is -0.436. The maximum Gasteiger partial charge on any atom is 0.277 e. The topological polar surface area (TPSA) is 85.6 Å². The lowest BCUT2D eigenvalue weighted by Crippen LogP contribution is -2.12. The summed E-state index contributed by atoms with van der Waals surface area (Å²) in [5.41, 5.74) is 2.87. The van der Waals surface area contributed by atoms with Crippen molar-refractivity contribution in [2.75, 3.05) is 5.32 Å². The highest BCUT2D eigenvalue weighted by atomic mass is 35.5. The van der Waals surface area contributed by atoms with E-state index in [9.17, 15) is 9.18 Å². The first-order valence-electron chi connectivity index (χ1n) is 7.82. The summed E-state index contributed by atoms with van der Waals surface area (Å²) in [6.07, 6.45) is 1.46. The maximum atomic E-state index is 13.0. The number of nitrogens with zero attached hydrogens (tertiary/aromatic N) is 5. The number of amides is 1. The Labute approximate surface area is 171 Å². The minimum absolute atomic E-state index is 0.118. The van der Waals surface area contributed by atoms with Crippen molar-refractivity contribution in [1.82, 2.24) is 25.2 Å². The number of anilines is 1. The lowest BCUT2D eigenvalue weighted by molar-refractivity contribution is 0.102. The molecule has 1 amide bonds. The van der Waals surface area contributed by atoms with Crippen LogP contribution < -0.4 is 5.32 Å². The second kappa shape index (κ2) is 8.05. The number of rotatable bonds is 5. The highest BCUT2D eigenvalue weighted by Crippen LogP contribution is 2.35. The molecule has 140 valence electrons. The standard InChI is InChI=1S/C17H10ClFN6OS2/c18-13-7-11(3-6-15(13)28-17-23-20-9-27-17)21-16(26)14-8-25(24-22-14)12-4-1-10(19)2-5-12/h1-9H,(H,21,26).